The van der Waals surface area contributed by atoms with Crippen LogP contribution >= 0.6 is 0 Å². The highest BCUT2D eigenvalue weighted by Gasteiger charge is 2.10. The van der Waals surface area contributed by atoms with Gasteiger partial charge in [0.25, 0.3) is 0 Å². The van der Waals surface area contributed by atoms with Crippen LogP contribution in [0.15, 0.2) is 0 Å². The summed E-state index contributed by atoms with van der Waals surface area (Å²) in [6.45, 7) is 2.74. The largest absolute Gasteiger partial charge is 0.390 e. The molecule has 0 heterocycles. The van der Waals surface area contributed by atoms with E-state index >= 15 is 0 Å². The summed E-state index contributed by atoms with van der Waals surface area (Å²) in [6.07, 6.45) is 0.229. The zero-order chi connectivity index (χ0) is 5.91. The highest BCUT2D eigenvalue weighted by atomic mass is 19.1. The van der Waals surface area contributed by atoms with E-state index in [1.807, 2.05) is 0 Å². The normalized spacial score (nSPS) is 12.0. The molecule has 0 aromatic rings. The molecule has 0 atom stereocenters. The maximum absolute atomic E-state index is 11.3. The van der Waals surface area contributed by atoms with Crippen molar-refractivity contribution in [3.05, 3.63) is 0 Å². The summed E-state index contributed by atoms with van der Waals surface area (Å²) in [5.41, 5.74) is -0.825. The molecule has 44 valence electrons. The Kier molecular flexibility index (Phi) is 2.23. The molecule has 0 unspecified atom stereocenters. The summed E-state index contributed by atoms with van der Waals surface area (Å²) in [7, 11) is 0. The second-order valence-electron chi connectivity index (χ2n) is 2.25. The molecule has 0 aromatic heterocycles. The third-order valence-electron chi connectivity index (χ3n) is 0.706. The summed E-state index contributed by atoms with van der Waals surface area (Å²) in [5, 5.41) is 8.78. The lowest BCUT2D eigenvalue weighted by molar-refractivity contribution is 0.0636. The van der Waals surface area contributed by atoms with E-state index in [1.165, 1.54) is 0 Å². The predicted molar refractivity (Wildman–Crippen MR) is 26.9 cm³/mol. The minimum atomic E-state index is -0.825. The Morgan fingerprint density at radius 2 is 2.00 bits per heavy atom. The molecule has 0 fully saturated rings. The minimum Gasteiger partial charge on any atom is -0.390 e. The van der Waals surface area contributed by atoms with Crippen LogP contribution in [-0.2, 0) is 0 Å². The quantitative estimate of drug-likeness (QED) is 0.559. The molecule has 0 saturated heterocycles. The number of hydrogen-bond acceptors (Lipinski definition) is 1. The van der Waals surface area contributed by atoms with Gasteiger partial charge in [0.05, 0.1) is 12.3 Å². The minimum absolute atomic E-state index is 0.229. The Morgan fingerprint density at radius 1 is 1.57 bits per heavy atom. The first-order valence-electron chi connectivity index (χ1n) is 2.34. The number of alkyl halides is 1. The summed E-state index contributed by atoms with van der Waals surface area (Å²) in [4.78, 5) is 0. The van der Waals surface area contributed by atoms with Gasteiger partial charge in [-0.25, -0.2) is 0 Å². The lowest BCUT2D eigenvalue weighted by Crippen LogP contribution is -2.18. The molecule has 0 amide bonds. The summed E-state index contributed by atoms with van der Waals surface area (Å²) >= 11 is 0. The van der Waals surface area contributed by atoms with E-state index in [0.29, 0.717) is 0 Å². The van der Waals surface area contributed by atoms with Gasteiger partial charge in [-0.3, -0.25) is 4.39 Å². The van der Waals surface area contributed by atoms with Crippen molar-refractivity contribution in [1.29, 1.82) is 0 Å². The Labute approximate surface area is 43.2 Å². The average Bonchev–Trinajstić information content (AvgIpc) is 1.30. The second kappa shape index (κ2) is 2.26. The van der Waals surface area contributed by atoms with Crippen LogP contribution in [0, 0.1) is 0 Å². The van der Waals surface area contributed by atoms with Gasteiger partial charge < -0.3 is 5.11 Å². The molecule has 7 heavy (non-hydrogen) atoms. The first-order valence-corrected chi connectivity index (χ1v) is 2.34. The Balaban J connectivity index is 3.15. The Hall–Kier alpha value is -0.110. The maximum Gasteiger partial charge on any atom is 0.0921 e. The number of aliphatic hydroxyl groups is 1. The van der Waals surface area contributed by atoms with Crippen molar-refractivity contribution in [2.75, 3.05) is 6.67 Å². The average molecular weight is 106 g/mol. The molecule has 0 radical (unpaired) electrons. The fourth-order valence-electron chi connectivity index (χ4n) is 0.231. The third-order valence-corrected chi connectivity index (χ3v) is 0.706. The van der Waals surface area contributed by atoms with E-state index in [4.69, 9.17) is 5.11 Å². The summed E-state index contributed by atoms with van der Waals surface area (Å²) in [6, 6.07) is 0. The van der Waals surface area contributed by atoms with Gasteiger partial charge in [0.2, 0.25) is 0 Å². The molecule has 0 spiro atoms. The van der Waals surface area contributed by atoms with Crippen molar-refractivity contribution in [3.8, 4) is 0 Å². The van der Waals surface area contributed by atoms with Crippen molar-refractivity contribution in [2.24, 2.45) is 0 Å². The highest BCUT2D eigenvalue weighted by Crippen LogP contribution is 2.05. The third kappa shape index (κ3) is 5.89. The molecule has 0 bridgehead atoms. The molecule has 0 aromatic carbocycles. The molecule has 0 aliphatic heterocycles. The summed E-state index contributed by atoms with van der Waals surface area (Å²) < 4.78 is 11.3. The molecule has 0 saturated carbocycles. The molecular weight excluding hydrogens is 95.1 g/mol. The van der Waals surface area contributed by atoms with Crippen LogP contribution < -0.4 is 0 Å². The van der Waals surface area contributed by atoms with Crippen molar-refractivity contribution in [2.45, 2.75) is 25.9 Å². The number of halogens is 1. The van der Waals surface area contributed by atoms with Gasteiger partial charge in [-0.1, -0.05) is 0 Å². The van der Waals surface area contributed by atoms with E-state index in [1.54, 1.807) is 13.8 Å². The van der Waals surface area contributed by atoms with Crippen LogP contribution in [0.3, 0.4) is 0 Å². The standard InChI is InChI=1S/C5H11FO/c1-5(2,7)3-4-6/h7H,3-4H2,1-2H3. The fourth-order valence-corrected chi connectivity index (χ4v) is 0.231. The maximum atomic E-state index is 11.3. The fraction of sp³-hybridized carbons (Fsp3) is 1.00. The van der Waals surface area contributed by atoms with Crippen molar-refractivity contribution < 1.29 is 9.50 Å². The molecular formula is C5H11FO. The Bertz CT molecular complexity index is 46.5. The van der Waals surface area contributed by atoms with E-state index in [9.17, 15) is 4.39 Å². The van der Waals surface area contributed by atoms with Gasteiger partial charge in [-0.05, 0) is 13.8 Å². The van der Waals surface area contributed by atoms with Crippen LogP contribution in [0.5, 0.6) is 0 Å². The van der Waals surface area contributed by atoms with Crippen molar-refractivity contribution in [3.63, 3.8) is 0 Å². The van der Waals surface area contributed by atoms with Crippen LogP contribution in [0.1, 0.15) is 20.3 Å². The molecule has 0 aliphatic carbocycles. The van der Waals surface area contributed by atoms with E-state index in [2.05, 4.69) is 0 Å². The van der Waals surface area contributed by atoms with Gasteiger partial charge in [0.1, 0.15) is 0 Å². The van der Waals surface area contributed by atoms with E-state index in [0.717, 1.165) is 0 Å². The first-order chi connectivity index (χ1) is 3.06. The first kappa shape index (κ1) is 6.89. The van der Waals surface area contributed by atoms with E-state index in [-0.39, 0.29) is 6.42 Å². The van der Waals surface area contributed by atoms with Gasteiger partial charge in [-0.15, -0.1) is 0 Å². The smallest absolute Gasteiger partial charge is 0.0921 e. The van der Waals surface area contributed by atoms with Crippen LogP contribution in [-0.4, -0.2) is 17.4 Å². The lowest BCUT2D eigenvalue weighted by Gasteiger charge is -2.12. The molecule has 1 N–H and O–H groups in total. The molecule has 1 nitrogen and oxygen atoms in total. The van der Waals surface area contributed by atoms with Crippen LogP contribution in [0.2, 0.25) is 0 Å². The van der Waals surface area contributed by atoms with Crippen molar-refractivity contribution >= 4 is 0 Å². The van der Waals surface area contributed by atoms with Crippen LogP contribution in [0.4, 0.5) is 4.39 Å². The SMILES string of the molecule is CC(C)(O)CCF. The zero-order valence-corrected chi connectivity index (χ0v) is 4.74. The summed E-state index contributed by atoms with van der Waals surface area (Å²) in [5.74, 6) is 0. The zero-order valence-electron chi connectivity index (χ0n) is 4.74. The van der Waals surface area contributed by atoms with E-state index < -0.39 is 12.3 Å². The van der Waals surface area contributed by atoms with Gasteiger partial charge >= 0.3 is 0 Å². The van der Waals surface area contributed by atoms with Crippen molar-refractivity contribution in [1.82, 2.24) is 0 Å². The number of rotatable bonds is 2. The van der Waals surface area contributed by atoms with Gasteiger partial charge in [0.15, 0.2) is 0 Å². The lowest BCUT2D eigenvalue weighted by atomic mass is 10.1. The highest BCUT2D eigenvalue weighted by molar-refractivity contribution is 4.62. The van der Waals surface area contributed by atoms with Gasteiger partial charge in [0, 0.05) is 6.42 Å². The van der Waals surface area contributed by atoms with Crippen LogP contribution in [0.25, 0.3) is 0 Å². The topological polar surface area (TPSA) is 20.2 Å². The van der Waals surface area contributed by atoms with Gasteiger partial charge in [-0.2, -0.15) is 0 Å². The number of hydrogen-bond donors (Lipinski definition) is 1. The molecule has 0 aliphatic rings. The second-order valence-corrected chi connectivity index (χ2v) is 2.25. The monoisotopic (exact) mass is 106 g/mol. The Morgan fingerprint density at radius 3 is 2.00 bits per heavy atom. The molecule has 0 rings (SSSR count). The predicted octanol–water partition coefficient (Wildman–Crippen LogP) is 1.12. The molecule has 2 heteroatoms.